The zero-order valence-electron chi connectivity index (χ0n) is 26.3. The molecule has 0 bridgehead atoms. The molecule has 0 atom stereocenters. The van der Waals surface area contributed by atoms with E-state index >= 15 is 0 Å². The summed E-state index contributed by atoms with van der Waals surface area (Å²) in [6.07, 6.45) is 6.73. The number of aryl methyl sites for hydroxylation is 1. The molecule has 0 spiro atoms. The zero-order valence-corrected chi connectivity index (χ0v) is 27.2. The zero-order chi connectivity index (χ0) is 32.2. The number of ether oxygens (including phenoxy) is 4. The van der Waals surface area contributed by atoms with Gasteiger partial charge in [0.25, 0.3) is 0 Å². The summed E-state index contributed by atoms with van der Waals surface area (Å²) in [7, 11) is 3.25. The number of thiophene rings is 1. The van der Waals surface area contributed by atoms with Crippen LogP contribution in [0.5, 0.6) is 11.5 Å². The van der Waals surface area contributed by atoms with Crippen LogP contribution in [0.1, 0.15) is 41.9 Å². The Hall–Kier alpha value is -4.84. The minimum atomic E-state index is -0.467. The maximum absolute atomic E-state index is 12.7. The van der Waals surface area contributed by atoms with Gasteiger partial charge in [0.2, 0.25) is 0 Å². The lowest BCUT2D eigenvalue weighted by Gasteiger charge is -2.31. The fourth-order valence-corrected chi connectivity index (χ4v) is 6.31. The van der Waals surface area contributed by atoms with E-state index < -0.39 is 5.97 Å². The van der Waals surface area contributed by atoms with Gasteiger partial charge in [-0.25, -0.2) is 14.6 Å². The SMILES string of the molecule is COC(=O)c1sc(-n2cnc3cc(-c4cnn(C)c4)ccc32)cc1OCc1cccc(OC2CCN(C(=O)OCC(C)C)CC2)c1. The van der Waals surface area contributed by atoms with Gasteiger partial charge in [0.15, 0.2) is 4.88 Å². The Morgan fingerprint density at radius 1 is 1.07 bits per heavy atom. The number of esters is 1. The number of piperidine rings is 1. The first-order chi connectivity index (χ1) is 22.3. The third-order valence-electron chi connectivity index (χ3n) is 7.71. The first kappa shape index (κ1) is 31.2. The summed E-state index contributed by atoms with van der Waals surface area (Å²) in [5.41, 5.74) is 4.66. The Morgan fingerprint density at radius 3 is 2.63 bits per heavy atom. The van der Waals surface area contributed by atoms with E-state index in [4.69, 9.17) is 18.9 Å². The second-order valence-electron chi connectivity index (χ2n) is 11.7. The van der Waals surface area contributed by atoms with Crippen LogP contribution < -0.4 is 9.47 Å². The van der Waals surface area contributed by atoms with Crippen molar-refractivity contribution in [3.8, 4) is 27.6 Å². The molecule has 4 heterocycles. The lowest BCUT2D eigenvalue weighted by atomic mass is 10.1. The fraction of sp³-hybridized carbons (Fsp3) is 0.353. The van der Waals surface area contributed by atoms with Crippen molar-refractivity contribution in [2.24, 2.45) is 13.0 Å². The van der Waals surface area contributed by atoms with E-state index in [0.29, 0.717) is 36.2 Å². The Balaban J connectivity index is 1.12. The number of nitrogens with zero attached hydrogens (tertiary/aromatic N) is 5. The van der Waals surface area contributed by atoms with Crippen LogP contribution in [0.4, 0.5) is 4.79 Å². The molecule has 12 heteroatoms. The van der Waals surface area contributed by atoms with Gasteiger partial charge in [-0.3, -0.25) is 9.25 Å². The minimum Gasteiger partial charge on any atom is -0.490 e. The number of fused-ring (bicyclic) bond motifs is 1. The summed E-state index contributed by atoms with van der Waals surface area (Å²) in [5.74, 6) is 1.01. The van der Waals surface area contributed by atoms with Gasteiger partial charge < -0.3 is 23.8 Å². The Kier molecular flexibility index (Phi) is 9.25. The molecule has 3 aromatic heterocycles. The average Bonchev–Trinajstić information content (AvgIpc) is 3.80. The van der Waals surface area contributed by atoms with Gasteiger partial charge in [-0.2, -0.15) is 5.10 Å². The van der Waals surface area contributed by atoms with E-state index in [1.807, 2.05) is 86.4 Å². The number of imidazole rings is 1. The van der Waals surface area contributed by atoms with Gasteiger partial charge in [-0.15, -0.1) is 11.3 Å². The number of carbonyl (C=O) groups is 2. The van der Waals surface area contributed by atoms with E-state index in [1.54, 1.807) is 15.9 Å². The van der Waals surface area contributed by atoms with Crippen molar-refractivity contribution < 1.29 is 28.5 Å². The van der Waals surface area contributed by atoms with Crippen molar-refractivity contribution in [1.82, 2.24) is 24.2 Å². The first-order valence-corrected chi connectivity index (χ1v) is 16.1. The average molecular weight is 644 g/mol. The molecule has 0 N–H and O–H groups in total. The van der Waals surface area contributed by atoms with Crippen molar-refractivity contribution in [3.63, 3.8) is 0 Å². The summed E-state index contributed by atoms with van der Waals surface area (Å²) in [4.78, 5) is 31.7. The quantitative estimate of drug-likeness (QED) is 0.159. The number of hydrogen-bond acceptors (Lipinski definition) is 9. The molecule has 2 aromatic carbocycles. The van der Waals surface area contributed by atoms with Crippen molar-refractivity contribution in [2.45, 2.75) is 39.4 Å². The van der Waals surface area contributed by atoms with Crippen molar-refractivity contribution >= 4 is 34.4 Å². The van der Waals surface area contributed by atoms with E-state index in [2.05, 4.69) is 10.1 Å². The Bertz CT molecular complexity index is 1830. The molecule has 1 amide bonds. The highest BCUT2D eigenvalue weighted by Crippen LogP contribution is 2.35. The van der Waals surface area contributed by atoms with Crippen LogP contribution in [0, 0.1) is 5.92 Å². The first-order valence-electron chi connectivity index (χ1n) is 15.3. The molecule has 46 heavy (non-hydrogen) atoms. The number of aromatic nitrogens is 4. The van der Waals surface area contributed by atoms with Gasteiger partial charge in [-0.1, -0.05) is 32.0 Å². The number of benzene rings is 2. The number of amides is 1. The Labute approximate surface area is 271 Å². The third kappa shape index (κ3) is 7.02. The molecule has 0 aliphatic carbocycles. The van der Waals surface area contributed by atoms with E-state index in [1.165, 1.54) is 18.4 Å². The van der Waals surface area contributed by atoms with Crippen molar-refractivity contribution in [1.29, 1.82) is 0 Å². The molecule has 11 nitrogen and oxygen atoms in total. The molecule has 0 unspecified atom stereocenters. The predicted molar refractivity (Wildman–Crippen MR) is 175 cm³/mol. The van der Waals surface area contributed by atoms with Crippen molar-refractivity contribution in [3.05, 3.63) is 77.7 Å². The molecule has 0 radical (unpaired) electrons. The van der Waals surface area contributed by atoms with Gasteiger partial charge in [0.05, 0.1) is 30.9 Å². The number of carbonyl (C=O) groups excluding carboxylic acids is 2. The molecule has 5 aromatic rings. The summed E-state index contributed by atoms with van der Waals surface area (Å²) in [5, 5.41) is 5.04. The molecule has 1 aliphatic rings. The highest BCUT2D eigenvalue weighted by molar-refractivity contribution is 7.16. The van der Waals surface area contributed by atoms with Crippen LogP contribution in [0.25, 0.3) is 27.2 Å². The fourth-order valence-electron chi connectivity index (χ4n) is 5.31. The predicted octanol–water partition coefficient (Wildman–Crippen LogP) is 6.49. The maximum atomic E-state index is 12.7. The standard InChI is InChI=1S/C34H37N5O6S/c1-22(2)19-44-34(41)38-12-10-26(11-13-38)45-27-7-5-6-23(14-27)20-43-30-16-31(46-32(30)33(40)42-4)39-21-35-28-15-24(8-9-29(28)39)25-17-36-37(3)18-25/h5-9,14-18,21-22,26H,10-13,19-20H2,1-4H3. The monoisotopic (exact) mass is 643 g/mol. The summed E-state index contributed by atoms with van der Waals surface area (Å²) in [6.45, 7) is 5.89. The van der Waals surface area contributed by atoms with Crippen LogP contribution >= 0.6 is 11.3 Å². The molecular weight excluding hydrogens is 606 g/mol. The molecule has 1 fully saturated rings. The summed E-state index contributed by atoms with van der Waals surface area (Å²) >= 11 is 1.29. The van der Waals surface area contributed by atoms with Gasteiger partial charge in [0, 0.05) is 50.8 Å². The number of hydrogen-bond donors (Lipinski definition) is 0. The topological polar surface area (TPSA) is 110 Å². The molecular formula is C34H37N5O6S. The number of rotatable bonds is 10. The normalized spacial score (nSPS) is 13.7. The molecule has 1 aliphatic heterocycles. The van der Waals surface area contributed by atoms with Crippen LogP contribution in [-0.2, 0) is 23.1 Å². The van der Waals surface area contributed by atoms with E-state index in [0.717, 1.165) is 51.3 Å². The van der Waals surface area contributed by atoms with Crippen LogP contribution in [0.2, 0.25) is 0 Å². The highest BCUT2D eigenvalue weighted by Gasteiger charge is 2.25. The van der Waals surface area contributed by atoms with E-state index in [9.17, 15) is 9.59 Å². The van der Waals surface area contributed by atoms with Crippen LogP contribution in [0.15, 0.2) is 67.3 Å². The molecule has 0 saturated carbocycles. The second-order valence-corrected chi connectivity index (χ2v) is 12.7. The van der Waals surface area contributed by atoms with Gasteiger partial charge >= 0.3 is 12.1 Å². The van der Waals surface area contributed by atoms with Gasteiger partial charge in [-0.05, 0) is 41.3 Å². The largest absolute Gasteiger partial charge is 0.490 e. The highest BCUT2D eigenvalue weighted by atomic mass is 32.1. The second kappa shape index (κ2) is 13.7. The smallest absolute Gasteiger partial charge is 0.409 e. The maximum Gasteiger partial charge on any atom is 0.409 e. The van der Waals surface area contributed by atoms with Gasteiger partial charge in [0.1, 0.15) is 35.5 Å². The summed E-state index contributed by atoms with van der Waals surface area (Å²) < 4.78 is 26.6. The molecule has 6 rings (SSSR count). The number of likely N-dealkylation sites (tertiary alicyclic amines) is 1. The van der Waals surface area contributed by atoms with Crippen LogP contribution in [0.3, 0.4) is 0 Å². The van der Waals surface area contributed by atoms with E-state index in [-0.39, 0.29) is 18.8 Å². The Morgan fingerprint density at radius 2 is 1.89 bits per heavy atom. The lowest BCUT2D eigenvalue weighted by Crippen LogP contribution is -2.42. The lowest BCUT2D eigenvalue weighted by molar-refractivity contribution is 0.0597. The third-order valence-corrected chi connectivity index (χ3v) is 8.81. The van der Waals surface area contributed by atoms with Crippen LogP contribution in [-0.4, -0.2) is 69.2 Å². The molecule has 1 saturated heterocycles. The number of methoxy groups -OCH3 is 1. The molecule has 240 valence electrons. The minimum absolute atomic E-state index is 0.00104. The van der Waals surface area contributed by atoms with Crippen molar-refractivity contribution in [2.75, 3.05) is 26.8 Å². The summed E-state index contributed by atoms with van der Waals surface area (Å²) in [6, 6.07) is 15.6.